The first-order valence-electron chi connectivity index (χ1n) is 5.28. The second-order valence-electron chi connectivity index (χ2n) is 3.55. The van der Waals surface area contributed by atoms with Crippen molar-refractivity contribution >= 4 is 11.9 Å². The third-order valence-electron chi connectivity index (χ3n) is 2.11. The molecular formula is C9H11F2N7O. The number of nitrogens with two attached hydrogens (primary N) is 1. The van der Waals surface area contributed by atoms with E-state index in [1.54, 1.807) is 12.3 Å². The molecule has 2 aromatic rings. The second kappa shape index (κ2) is 5.52. The number of rotatable bonds is 5. The third kappa shape index (κ3) is 3.31. The van der Waals surface area contributed by atoms with E-state index in [2.05, 4.69) is 25.4 Å². The van der Waals surface area contributed by atoms with E-state index in [0.717, 1.165) is 0 Å². The van der Waals surface area contributed by atoms with Gasteiger partial charge in [0, 0.05) is 18.9 Å². The number of nitrogen functional groups attached to an aromatic ring is 1. The molecule has 0 aliphatic carbocycles. The van der Waals surface area contributed by atoms with Crippen LogP contribution >= 0.6 is 0 Å². The Kier molecular flexibility index (Phi) is 3.80. The van der Waals surface area contributed by atoms with Crippen LogP contribution in [-0.2, 0) is 0 Å². The van der Waals surface area contributed by atoms with Crippen molar-refractivity contribution in [1.29, 1.82) is 0 Å². The van der Waals surface area contributed by atoms with Crippen molar-refractivity contribution in [2.45, 2.75) is 12.5 Å². The smallest absolute Gasteiger partial charge is 0.265 e. The van der Waals surface area contributed by atoms with E-state index in [4.69, 9.17) is 10.8 Å². The van der Waals surface area contributed by atoms with Crippen LogP contribution in [0.4, 0.5) is 20.7 Å². The monoisotopic (exact) mass is 271 g/mol. The number of nitrogens with zero attached hydrogens (tertiary/aromatic N) is 5. The molecule has 8 nitrogen and oxygen atoms in total. The van der Waals surface area contributed by atoms with Crippen LogP contribution in [0.5, 0.6) is 0 Å². The fourth-order valence-corrected chi connectivity index (χ4v) is 1.23. The van der Waals surface area contributed by atoms with Gasteiger partial charge in [-0.15, -0.1) is 0 Å². The Bertz CT molecular complexity index is 533. The van der Waals surface area contributed by atoms with E-state index < -0.39 is 19.1 Å². The highest BCUT2D eigenvalue weighted by Gasteiger charge is 2.17. The number of aliphatic hydroxyl groups is 1. The molecule has 0 spiro atoms. The minimum Gasteiger partial charge on any atom is -0.385 e. The van der Waals surface area contributed by atoms with Crippen LogP contribution < -0.4 is 11.1 Å². The van der Waals surface area contributed by atoms with Gasteiger partial charge in [0.15, 0.2) is 0 Å². The Morgan fingerprint density at radius 3 is 2.79 bits per heavy atom. The molecule has 0 fully saturated rings. The van der Waals surface area contributed by atoms with Crippen molar-refractivity contribution in [3.63, 3.8) is 0 Å². The van der Waals surface area contributed by atoms with Crippen molar-refractivity contribution in [3.05, 3.63) is 18.5 Å². The van der Waals surface area contributed by atoms with Gasteiger partial charge in [0.2, 0.25) is 11.9 Å². The third-order valence-corrected chi connectivity index (χ3v) is 2.11. The molecule has 0 radical (unpaired) electrons. The lowest BCUT2D eigenvalue weighted by Crippen LogP contribution is -2.27. The predicted octanol–water partition coefficient (Wildman–Crippen LogP) is -0.323. The molecule has 1 unspecified atom stereocenters. The normalized spacial score (nSPS) is 12.6. The number of anilines is 2. The van der Waals surface area contributed by atoms with E-state index in [0.29, 0.717) is 0 Å². The van der Waals surface area contributed by atoms with Crippen molar-refractivity contribution < 1.29 is 13.9 Å². The van der Waals surface area contributed by atoms with E-state index in [1.165, 1.54) is 10.9 Å². The number of nitrogens with one attached hydrogen (secondary N) is 1. The summed E-state index contributed by atoms with van der Waals surface area (Å²) in [4.78, 5) is 11.5. The lowest BCUT2D eigenvalue weighted by molar-refractivity contribution is 0.00376. The van der Waals surface area contributed by atoms with E-state index >= 15 is 0 Å². The molecule has 19 heavy (non-hydrogen) atoms. The first-order chi connectivity index (χ1) is 9.06. The highest BCUT2D eigenvalue weighted by atomic mass is 19.3. The average molecular weight is 271 g/mol. The Morgan fingerprint density at radius 1 is 1.37 bits per heavy atom. The number of hydrogen-bond donors (Lipinski definition) is 3. The highest BCUT2D eigenvalue weighted by Crippen LogP contribution is 2.07. The lowest BCUT2D eigenvalue weighted by atomic mass is 10.4. The maximum Gasteiger partial charge on any atom is 0.265 e. The summed E-state index contributed by atoms with van der Waals surface area (Å²) in [7, 11) is 0. The minimum atomic E-state index is -2.85. The fourth-order valence-electron chi connectivity index (χ4n) is 1.23. The van der Waals surface area contributed by atoms with Gasteiger partial charge in [0.05, 0.1) is 0 Å². The molecule has 10 heteroatoms. The maximum absolute atomic E-state index is 12.1. The molecule has 2 rings (SSSR count). The van der Waals surface area contributed by atoms with Crippen LogP contribution in [0, 0.1) is 0 Å². The van der Waals surface area contributed by atoms with Crippen molar-refractivity contribution in [2.24, 2.45) is 0 Å². The molecule has 2 aromatic heterocycles. The van der Waals surface area contributed by atoms with Gasteiger partial charge in [-0.2, -0.15) is 20.1 Å². The first-order valence-corrected chi connectivity index (χ1v) is 5.28. The van der Waals surface area contributed by atoms with Crippen molar-refractivity contribution in [2.75, 3.05) is 17.6 Å². The van der Waals surface area contributed by atoms with Gasteiger partial charge in [-0.3, -0.25) is 0 Å². The zero-order valence-corrected chi connectivity index (χ0v) is 9.61. The Hall–Kier alpha value is -2.36. The van der Waals surface area contributed by atoms with Crippen LogP contribution in [0.2, 0.25) is 0 Å². The highest BCUT2D eigenvalue weighted by molar-refractivity contribution is 5.34. The molecule has 0 saturated carbocycles. The van der Waals surface area contributed by atoms with Gasteiger partial charge in [0.1, 0.15) is 6.10 Å². The van der Waals surface area contributed by atoms with Crippen LogP contribution in [0.1, 0.15) is 0 Å². The maximum atomic E-state index is 12.1. The van der Waals surface area contributed by atoms with E-state index in [-0.39, 0.29) is 17.8 Å². The largest absolute Gasteiger partial charge is 0.385 e. The van der Waals surface area contributed by atoms with Gasteiger partial charge >= 0.3 is 0 Å². The number of halogens is 2. The van der Waals surface area contributed by atoms with E-state index in [9.17, 15) is 8.78 Å². The van der Waals surface area contributed by atoms with Gasteiger partial charge < -0.3 is 16.2 Å². The van der Waals surface area contributed by atoms with Crippen LogP contribution in [0.25, 0.3) is 5.95 Å². The Labute approximate surface area is 106 Å². The van der Waals surface area contributed by atoms with Gasteiger partial charge in [-0.25, -0.2) is 13.5 Å². The van der Waals surface area contributed by atoms with Gasteiger partial charge in [-0.05, 0) is 6.07 Å². The second-order valence-corrected chi connectivity index (χ2v) is 3.55. The zero-order valence-electron chi connectivity index (χ0n) is 9.61. The van der Waals surface area contributed by atoms with Crippen LogP contribution in [-0.4, -0.2) is 48.9 Å². The SMILES string of the molecule is Nc1nc(NCC(O)C(F)F)nc(-n2cccn2)n1. The standard InChI is InChI=1S/C9H11F2N7O/c10-6(11)5(19)4-13-8-15-7(12)16-9(17-8)18-3-1-2-14-18/h1-3,5-6,19H,4H2,(H3,12,13,15,16,17). The molecule has 0 amide bonds. The Balaban J connectivity index is 2.13. The zero-order chi connectivity index (χ0) is 13.8. The van der Waals surface area contributed by atoms with Crippen molar-refractivity contribution in [1.82, 2.24) is 24.7 Å². The summed E-state index contributed by atoms with van der Waals surface area (Å²) in [6.45, 7) is -0.403. The van der Waals surface area contributed by atoms with Crippen LogP contribution in [0.3, 0.4) is 0 Å². The molecule has 0 bridgehead atoms. The molecule has 0 aliphatic heterocycles. The van der Waals surface area contributed by atoms with Crippen LogP contribution in [0.15, 0.2) is 18.5 Å². The number of aliphatic hydroxyl groups excluding tert-OH is 1. The van der Waals surface area contributed by atoms with Gasteiger partial charge in [0.25, 0.3) is 12.4 Å². The number of alkyl halides is 2. The topological polar surface area (TPSA) is 115 Å². The fraction of sp³-hybridized carbons (Fsp3) is 0.333. The lowest BCUT2D eigenvalue weighted by Gasteiger charge is -2.11. The summed E-state index contributed by atoms with van der Waals surface area (Å²) < 4.78 is 25.6. The molecule has 1 atom stereocenters. The minimum absolute atomic E-state index is 0.0160. The molecule has 2 heterocycles. The first kappa shape index (κ1) is 13.1. The molecular weight excluding hydrogens is 260 g/mol. The molecule has 4 N–H and O–H groups in total. The number of hydrogen-bond acceptors (Lipinski definition) is 7. The quantitative estimate of drug-likeness (QED) is 0.682. The summed E-state index contributed by atoms with van der Waals surface area (Å²) in [5, 5.41) is 15.3. The number of aromatic nitrogens is 5. The average Bonchev–Trinajstić information content (AvgIpc) is 2.89. The molecule has 0 aliphatic rings. The summed E-state index contributed by atoms with van der Waals surface area (Å²) in [5.74, 6) is 0.0405. The predicted molar refractivity (Wildman–Crippen MR) is 61.9 cm³/mol. The molecule has 102 valence electrons. The van der Waals surface area contributed by atoms with Gasteiger partial charge in [-0.1, -0.05) is 0 Å². The Morgan fingerprint density at radius 2 is 2.16 bits per heavy atom. The van der Waals surface area contributed by atoms with E-state index in [1.807, 2.05) is 0 Å². The van der Waals surface area contributed by atoms with Crippen molar-refractivity contribution in [3.8, 4) is 5.95 Å². The summed E-state index contributed by atoms with van der Waals surface area (Å²) >= 11 is 0. The molecule has 0 aromatic carbocycles. The molecule has 0 saturated heterocycles. The summed E-state index contributed by atoms with van der Waals surface area (Å²) in [6.07, 6.45) is -1.55. The summed E-state index contributed by atoms with van der Waals surface area (Å²) in [6, 6.07) is 1.66. The summed E-state index contributed by atoms with van der Waals surface area (Å²) in [5.41, 5.74) is 5.48.